The molecule has 1 aliphatic rings. The van der Waals surface area contributed by atoms with E-state index in [4.69, 9.17) is 9.47 Å². The summed E-state index contributed by atoms with van der Waals surface area (Å²) in [5.74, 6) is 2.98. The van der Waals surface area contributed by atoms with Crippen LogP contribution >= 0.6 is 0 Å². The molecule has 3 aromatic rings. The number of hydrogen-bond donors (Lipinski definition) is 1. The molecule has 0 saturated heterocycles. The van der Waals surface area contributed by atoms with Gasteiger partial charge in [0.1, 0.15) is 0 Å². The molecule has 25 heavy (non-hydrogen) atoms. The summed E-state index contributed by atoms with van der Waals surface area (Å²) < 4.78 is 12.5. The Morgan fingerprint density at radius 2 is 2.08 bits per heavy atom. The number of pyridine rings is 1. The molecule has 128 valence electrons. The van der Waals surface area contributed by atoms with Gasteiger partial charge in [-0.15, -0.1) is 0 Å². The van der Waals surface area contributed by atoms with Gasteiger partial charge in [0.15, 0.2) is 23.1 Å². The molecule has 0 bridgehead atoms. The van der Waals surface area contributed by atoms with Gasteiger partial charge in [-0.25, -0.2) is 9.67 Å². The van der Waals surface area contributed by atoms with Crippen molar-refractivity contribution in [3.63, 3.8) is 0 Å². The molecule has 2 aromatic heterocycles. The van der Waals surface area contributed by atoms with E-state index in [0.717, 1.165) is 12.1 Å². The van der Waals surface area contributed by atoms with E-state index in [-0.39, 0.29) is 12.4 Å². The summed E-state index contributed by atoms with van der Waals surface area (Å²) in [5.41, 5.74) is 1.04. The van der Waals surface area contributed by atoms with Crippen molar-refractivity contribution in [2.24, 2.45) is 5.92 Å². The van der Waals surface area contributed by atoms with E-state index in [2.05, 4.69) is 28.9 Å². The predicted octanol–water partition coefficient (Wildman–Crippen LogP) is 2.55. The molecule has 0 unspecified atom stereocenters. The summed E-state index contributed by atoms with van der Waals surface area (Å²) >= 11 is 0. The lowest BCUT2D eigenvalue weighted by molar-refractivity contribution is 0.174. The second-order valence-electron chi connectivity index (χ2n) is 6.31. The first-order valence-corrected chi connectivity index (χ1v) is 8.16. The van der Waals surface area contributed by atoms with Crippen LogP contribution < -0.4 is 15.0 Å². The van der Waals surface area contributed by atoms with Gasteiger partial charge >= 0.3 is 0 Å². The highest BCUT2D eigenvalue weighted by molar-refractivity contribution is 5.58. The highest BCUT2D eigenvalue weighted by atomic mass is 16.7. The average Bonchev–Trinajstić information content (AvgIpc) is 3.20. The molecule has 1 N–H and O–H groups in total. The molecule has 7 heteroatoms. The summed E-state index contributed by atoms with van der Waals surface area (Å²) in [5, 5.41) is 4.62. The first-order valence-electron chi connectivity index (χ1n) is 8.16. The summed E-state index contributed by atoms with van der Waals surface area (Å²) in [4.78, 5) is 19.5. The number of ether oxygens (including phenoxy) is 2. The minimum Gasteiger partial charge on any atom is -0.454 e. The van der Waals surface area contributed by atoms with Crippen molar-refractivity contribution in [1.29, 1.82) is 0 Å². The summed E-state index contributed by atoms with van der Waals surface area (Å²) in [6, 6.07) is 9.07. The Hall–Kier alpha value is -3.09. The fourth-order valence-electron chi connectivity index (χ4n) is 2.78. The molecule has 0 atom stereocenters. The Morgan fingerprint density at radius 1 is 1.24 bits per heavy atom. The number of H-pyrrole nitrogens is 1. The van der Waals surface area contributed by atoms with Crippen molar-refractivity contribution in [3.8, 4) is 28.6 Å². The van der Waals surface area contributed by atoms with Crippen LogP contribution in [0.15, 0.2) is 41.3 Å². The summed E-state index contributed by atoms with van der Waals surface area (Å²) in [6.45, 7) is 4.42. The van der Waals surface area contributed by atoms with Gasteiger partial charge in [-0.3, -0.25) is 4.79 Å². The van der Waals surface area contributed by atoms with Crippen molar-refractivity contribution in [3.05, 3.63) is 52.7 Å². The van der Waals surface area contributed by atoms with E-state index >= 15 is 0 Å². The number of nitrogens with zero attached hydrogens (tertiary/aromatic N) is 3. The Bertz CT molecular complexity index is 974. The van der Waals surface area contributed by atoms with Gasteiger partial charge in [-0.1, -0.05) is 13.8 Å². The number of aromatic nitrogens is 4. The van der Waals surface area contributed by atoms with Crippen LogP contribution in [0.5, 0.6) is 11.5 Å². The maximum absolute atomic E-state index is 12.2. The number of benzene rings is 1. The highest BCUT2D eigenvalue weighted by Crippen LogP contribution is 2.34. The standard InChI is InChI=1S/C18H18N4O3/c1-11(2)8-16-20-17(13-4-3-7-19-18(13)23)22(21-16)12-5-6-14-15(9-12)25-10-24-14/h3-7,9,11H,8,10H2,1-2H3,(H,19,23). The number of aromatic amines is 1. The van der Waals surface area contributed by atoms with Gasteiger partial charge in [0.05, 0.1) is 11.3 Å². The molecule has 0 saturated carbocycles. The van der Waals surface area contributed by atoms with E-state index in [1.54, 1.807) is 23.0 Å². The van der Waals surface area contributed by atoms with Crippen LogP contribution in [-0.4, -0.2) is 26.5 Å². The number of nitrogens with one attached hydrogen (secondary N) is 1. The van der Waals surface area contributed by atoms with Gasteiger partial charge in [0.2, 0.25) is 6.79 Å². The predicted molar refractivity (Wildman–Crippen MR) is 92.1 cm³/mol. The Labute approximate surface area is 144 Å². The Morgan fingerprint density at radius 3 is 2.88 bits per heavy atom. The fraction of sp³-hybridized carbons (Fsp3) is 0.278. The van der Waals surface area contributed by atoms with Crippen LogP contribution in [-0.2, 0) is 6.42 Å². The van der Waals surface area contributed by atoms with Crippen molar-refractivity contribution >= 4 is 0 Å². The van der Waals surface area contributed by atoms with Crippen molar-refractivity contribution < 1.29 is 9.47 Å². The van der Waals surface area contributed by atoms with E-state index in [1.165, 1.54) is 0 Å². The molecule has 4 rings (SSSR count). The van der Waals surface area contributed by atoms with Crippen LogP contribution in [0.25, 0.3) is 17.1 Å². The maximum Gasteiger partial charge on any atom is 0.259 e. The first-order chi connectivity index (χ1) is 12.1. The van der Waals surface area contributed by atoms with E-state index < -0.39 is 0 Å². The van der Waals surface area contributed by atoms with Gasteiger partial charge in [-0.2, -0.15) is 5.10 Å². The van der Waals surface area contributed by atoms with Crippen LogP contribution in [0.2, 0.25) is 0 Å². The lowest BCUT2D eigenvalue weighted by atomic mass is 10.1. The average molecular weight is 338 g/mol. The van der Waals surface area contributed by atoms with Crippen molar-refractivity contribution in [1.82, 2.24) is 19.7 Å². The zero-order valence-corrected chi connectivity index (χ0v) is 14.0. The summed E-state index contributed by atoms with van der Waals surface area (Å²) in [7, 11) is 0. The van der Waals surface area contributed by atoms with E-state index in [9.17, 15) is 4.79 Å². The van der Waals surface area contributed by atoms with Crippen molar-refractivity contribution in [2.75, 3.05) is 6.79 Å². The minimum absolute atomic E-state index is 0.201. The smallest absolute Gasteiger partial charge is 0.259 e. The quantitative estimate of drug-likeness (QED) is 0.790. The third-order valence-electron chi connectivity index (χ3n) is 3.90. The van der Waals surface area contributed by atoms with Crippen LogP contribution in [0, 0.1) is 5.92 Å². The molecule has 0 aliphatic carbocycles. The zero-order chi connectivity index (χ0) is 17.4. The molecule has 0 radical (unpaired) electrons. The molecular weight excluding hydrogens is 320 g/mol. The molecule has 1 aromatic carbocycles. The fourth-order valence-corrected chi connectivity index (χ4v) is 2.78. The number of fused-ring (bicyclic) bond motifs is 1. The Kier molecular flexibility index (Phi) is 3.76. The first kappa shape index (κ1) is 15.4. The summed E-state index contributed by atoms with van der Waals surface area (Å²) in [6.07, 6.45) is 2.33. The molecule has 0 fully saturated rings. The van der Waals surface area contributed by atoms with Crippen molar-refractivity contribution in [2.45, 2.75) is 20.3 Å². The number of hydrogen-bond acceptors (Lipinski definition) is 5. The third kappa shape index (κ3) is 2.88. The topological polar surface area (TPSA) is 82.0 Å². The molecule has 7 nitrogen and oxygen atoms in total. The lowest BCUT2D eigenvalue weighted by Gasteiger charge is -2.06. The minimum atomic E-state index is -0.201. The second kappa shape index (κ2) is 6.08. The van der Waals surface area contributed by atoms with E-state index in [0.29, 0.717) is 34.6 Å². The second-order valence-corrected chi connectivity index (χ2v) is 6.31. The Balaban J connectivity index is 1.87. The SMILES string of the molecule is CC(C)Cc1nc(-c2ccc[nH]c2=O)n(-c2ccc3c(c2)OCO3)n1. The molecule has 0 amide bonds. The van der Waals surface area contributed by atoms with E-state index in [1.807, 2.05) is 18.2 Å². The monoisotopic (exact) mass is 338 g/mol. The maximum atomic E-state index is 12.2. The van der Waals surface area contributed by atoms with Crippen LogP contribution in [0.3, 0.4) is 0 Å². The van der Waals surface area contributed by atoms with Crippen LogP contribution in [0.4, 0.5) is 0 Å². The molecular formula is C18H18N4O3. The normalized spacial score (nSPS) is 12.8. The lowest BCUT2D eigenvalue weighted by Crippen LogP contribution is -2.11. The zero-order valence-electron chi connectivity index (χ0n) is 14.0. The highest BCUT2D eigenvalue weighted by Gasteiger charge is 2.19. The van der Waals surface area contributed by atoms with Gasteiger partial charge in [-0.05, 0) is 30.2 Å². The molecule has 0 spiro atoms. The molecule has 3 heterocycles. The van der Waals surface area contributed by atoms with Gasteiger partial charge < -0.3 is 14.5 Å². The largest absolute Gasteiger partial charge is 0.454 e. The number of rotatable bonds is 4. The molecule has 1 aliphatic heterocycles. The van der Waals surface area contributed by atoms with Crippen LogP contribution in [0.1, 0.15) is 19.7 Å². The van der Waals surface area contributed by atoms with Gasteiger partial charge in [0.25, 0.3) is 5.56 Å². The third-order valence-corrected chi connectivity index (χ3v) is 3.90. The van der Waals surface area contributed by atoms with Gasteiger partial charge in [0, 0.05) is 18.7 Å².